The summed E-state index contributed by atoms with van der Waals surface area (Å²) in [6, 6.07) is -1.16. The number of ether oxygens (including phenoxy) is 4. The number of aliphatic hydroxyl groups is 4. The number of hydrogen-bond donors (Lipinski definition) is 4. The highest BCUT2D eigenvalue weighted by atomic mass is 16.6. The van der Waals surface area contributed by atoms with Gasteiger partial charge in [-0.2, -0.15) is 0 Å². The number of aliphatic hydroxyl groups excluding tert-OH is 3. The van der Waals surface area contributed by atoms with Crippen LogP contribution in [-0.4, -0.2) is 130 Å². The Kier molecular flexibility index (Phi) is 20.3. The molecule has 3 heterocycles. The summed E-state index contributed by atoms with van der Waals surface area (Å²) < 4.78 is 23.7. The fraction of sp³-hybridized carbons (Fsp3) is 0.740. The number of fused-ring (bicyclic) bond motifs is 3. The van der Waals surface area contributed by atoms with Crippen molar-refractivity contribution in [2.45, 2.75) is 180 Å². The van der Waals surface area contributed by atoms with Crippen molar-refractivity contribution in [1.29, 1.82) is 0 Å². The van der Waals surface area contributed by atoms with Gasteiger partial charge in [0, 0.05) is 51.4 Å². The lowest BCUT2D eigenvalue weighted by Gasteiger charge is -2.42. The minimum absolute atomic E-state index is 0.0134. The number of methoxy groups -OCH3 is 2. The number of Topliss-reactive ketones (excluding diaryl/α,β-unsaturated/α-hetero) is 3. The first-order chi connectivity index (χ1) is 30.2. The summed E-state index contributed by atoms with van der Waals surface area (Å²) in [6.07, 6.45) is 9.61. The molecule has 0 aromatic heterocycles. The van der Waals surface area contributed by atoms with Gasteiger partial charge in [-0.1, -0.05) is 71.1 Å². The van der Waals surface area contributed by atoms with E-state index in [1.54, 1.807) is 40.9 Å². The Balaban J connectivity index is 1.70. The van der Waals surface area contributed by atoms with Gasteiger partial charge in [0.25, 0.3) is 11.7 Å². The lowest BCUT2D eigenvalue weighted by Crippen LogP contribution is -2.61. The van der Waals surface area contributed by atoms with Gasteiger partial charge in [0.15, 0.2) is 5.78 Å². The van der Waals surface area contributed by atoms with Gasteiger partial charge in [0.2, 0.25) is 5.79 Å². The van der Waals surface area contributed by atoms with Crippen molar-refractivity contribution in [2.75, 3.05) is 20.8 Å². The van der Waals surface area contributed by atoms with E-state index in [0.29, 0.717) is 69.8 Å². The number of piperidine rings is 1. The quantitative estimate of drug-likeness (QED) is 0.153. The zero-order valence-corrected chi connectivity index (χ0v) is 39.6. The third-order valence-electron chi connectivity index (χ3n) is 14.2. The third kappa shape index (κ3) is 13.8. The van der Waals surface area contributed by atoms with Crippen molar-refractivity contribution in [2.24, 2.45) is 35.5 Å². The Morgan fingerprint density at radius 3 is 2.23 bits per heavy atom. The third-order valence-corrected chi connectivity index (χ3v) is 14.2. The van der Waals surface area contributed by atoms with E-state index in [0.717, 1.165) is 5.57 Å². The van der Waals surface area contributed by atoms with E-state index in [1.165, 1.54) is 12.0 Å². The van der Waals surface area contributed by atoms with Crippen LogP contribution in [0.2, 0.25) is 0 Å². The second-order valence-corrected chi connectivity index (χ2v) is 19.4. The highest BCUT2D eigenvalue weighted by Gasteiger charge is 2.53. The van der Waals surface area contributed by atoms with Gasteiger partial charge in [-0.3, -0.25) is 19.2 Å². The van der Waals surface area contributed by atoms with Crippen LogP contribution in [0.15, 0.2) is 47.6 Å². The Hall–Kier alpha value is -3.37. The van der Waals surface area contributed by atoms with Crippen LogP contribution in [-0.2, 0) is 42.9 Å². The molecule has 3 aliphatic heterocycles. The van der Waals surface area contributed by atoms with Crippen LogP contribution in [0.1, 0.15) is 126 Å². The molecule has 0 radical (unpaired) electrons. The molecule has 2 saturated heterocycles. The summed E-state index contributed by atoms with van der Waals surface area (Å²) in [6.45, 7) is 12.6. The van der Waals surface area contributed by atoms with E-state index < -0.39 is 95.9 Å². The van der Waals surface area contributed by atoms with Crippen LogP contribution in [0.4, 0.5) is 0 Å². The lowest BCUT2D eigenvalue weighted by atomic mass is 9.78. The maximum atomic E-state index is 14.3. The number of nitrogens with zero attached hydrogens (tertiary/aromatic N) is 1. The molecule has 4 aliphatic rings. The maximum Gasteiger partial charge on any atom is 0.329 e. The van der Waals surface area contributed by atoms with Crippen molar-refractivity contribution in [3.63, 3.8) is 0 Å². The number of esters is 1. The fourth-order valence-electron chi connectivity index (χ4n) is 9.88. The van der Waals surface area contributed by atoms with E-state index in [-0.39, 0.29) is 42.8 Å². The van der Waals surface area contributed by atoms with E-state index in [1.807, 2.05) is 51.2 Å². The summed E-state index contributed by atoms with van der Waals surface area (Å²) in [7, 11) is 2.94. The summed E-state index contributed by atoms with van der Waals surface area (Å²) in [5, 5.41) is 43.9. The van der Waals surface area contributed by atoms with Gasteiger partial charge < -0.3 is 44.3 Å². The van der Waals surface area contributed by atoms with Crippen molar-refractivity contribution < 1.29 is 63.3 Å². The summed E-state index contributed by atoms with van der Waals surface area (Å²) in [5.41, 5.74) is 1.24. The molecule has 1 unspecified atom stereocenters. The van der Waals surface area contributed by atoms with Gasteiger partial charge in [-0.25, -0.2) is 4.79 Å². The zero-order valence-electron chi connectivity index (χ0n) is 39.6. The molecule has 14 heteroatoms. The minimum Gasteiger partial charge on any atom is -0.460 e. The first kappa shape index (κ1) is 53.2. The fourth-order valence-corrected chi connectivity index (χ4v) is 9.88. The molecule has 0 spiro atoms. The molecule has 360 valence electrons. The molecule has 4 rings (SSSR count). The van der Waals surface area contributed by atoms with E-state index >= 15 is 0 Å². The van der Waals surface area contributed by atoms with Gasteiger partial charge in [0.1, 0.15) is 30.1 Å². The number of allylic oxidation sites excluding steroid dienone is 6. The molecule has 4 N–H and O–H groups in total. The van der Waals surface area contributed by atoms with Crippen LogP contribution in [0.25, 0.3) is 0 Å². The van der Waals surface area contributed by atoms with Gasteiger partial charge in [0.05, 0.1) is 24.4 Å². The standard InChI is InChI=1S/C50H77NO13/c1-29-15-11-10-12-16-30(2)42(61-8)27-37-20-18-35(7)50(60,64-37)47(57)48(58)51-22-14-13-17-38(51)49(59)63-43(32(4)25-36-19-21-39(52)41(54)26-36)28-40(53)31(3)24-34(6)45(56)46(62-9)44(55)33(5)23-29/h10-12,15-16,24,29,31-33,35-39,41-43,45-46,52,54,56,60H,13-14,17-23,25-28H2,1-9H3/b12-10+,15-11+,30-16+,34-24+/t29-,31-,32-,33-,35-,36+,37+,38+,39-,41?,42+,43+,45-,46+,50-/m1/s1. The van der Waals surface area contributed by atoms with Crippen molar-refractivity contribution >= 4 is 29.2 Å². The maximum absolute atomic E-state index is 14.3. The molecule has 2 bridgehead atoms. The Morgan fingerprint density at radius 2 is 1.56 bits per heavy atom. The van der Waals surface area contributed by atoms with Crippen LogP contribution in [0, 0.1) is 35.5 Å². The van der Waals surface area contributed by atoms with Gasteiger partial charge >= 0.3 is 5.97 Å². The molecule has 1 amide bonds. The molecule has 15 atom stereocenters. The molecular formula is C50H77NO13. The molecule has 1 saturated carbocycles. The summed E-state index contributed by atoms with van der Waals surface area (Å²) in [4.78, 5) is 71.5. The van der Waals surface area contributed by atoms with Crippen LogP contribution in [0.5, 0.6) is 0 Å². The van der Waals surface area contributed by atoms with E-state index in [9.17, 15) is 44.4 Å². The molecule has 1 aliphatic carbocycles. The van der Waals surface area contributed by atoms with Crippen molar-refractivity contribution in [3.05, 3.63) is 47.6 Å². The van der Waals surface area contributed by atoms with Crippen molar-refractivity contribution in [3.8, 4) is 0 Å². The monoisotopic (exact) mass is 900 g/mol. The Morgan fingerprint density at radius 1 is 0.844 bits per heavy atom. The number of hydrogen-bond acceptors (Lipinski definition) is 13. The molecule has 64 heavy (non-hydrogen) atoms. The second-order valence-electron chi connectivity index (χ2n) is 19.4. The predicted octanol–water partition coefficient (Wildman–Crippen LogP) is 5.53. The molecule has 0 aromatic carbocycles. The smallest absolute Gasteiger partial charge is 0.329 e. The normalized spacial score (nSPS) is 40.9. The van der Waals surface area contributed by atoms with Gasteiger partial charge in [-0.05, 0) is 107 Å². The van der Waals surface area contributed by atoms with Crippen LogP contribution < -0.4 is 0 Å². The topological polar surface area (TPSA) is 206 Å². The van der Waals surface area contributed by atoms with E-state index in [4.69, 9.17) is 18.9 Å². The summed E-state index contributed by atoms with van der Waals surface area (Å²) in [5.74, 6) is -8.29. The molecule has 0 aromatic rings. The minimum atomic E-state index is -2.44. The van der Waals surface area contributed by atoms with Crippen molar-refractivity contribution in [1.82, 2.24) is 4.90 Å². The largest absolute Gasteiger partial charge is 0.460 e. The Labute approximate surface area is 380 Å². The average Bonchev–Trinajstić information content (AvgIpc) is 3.26. The number of carbonyl (C=O) groups is 5. The second kappa shape index (κ2) is 24.4. The number of amides is 1. The first-order valence-electron chi connectivity index (χ1n) is 23.5. The van der Waals surface area contributed by atoms with Crippen LogP contribution in [0.3, 0.4) is 0 Å². The highest BCUT2D eigenvalue weighted by Crippen LogP contribution is 2.37. The number of ketones is 3. The Bertz CT molecular complexity index is 1740. The SMILES string of the molecule is CO[C@H]1C[C@@H]2CC[C@@H](C)[C@@](O)(O2)C(=O)C(=O)N2CCCC[C@H]2C(=O)O[C@H]([C@H](C)C[C@@H]2CC[C@@H](O)C(O)C2)CC(=O)[C@H](C)/C=C(\C)[C@@H](O)[C@@H](OC)C(=O)[C@H](C)C[C@H](C)/C=C/C=C/C=C/1C. The molecule has 14 nitrogen and oxygen atoms in total. The first-order valence-corrected chi connectivity index (χ1v) is 23.5. The average molecular weight is 900 g/mol. The molecule has 3 fully saturated rings. The number of carbonyl (C=O) groups excluding carboxylic acids is 5. The van der Waals surface area contributed by atoms with Gasteiger partial charge in [-0.15, -0.1) is 0 Å². The zero-order chi connectivity index (χ0) is 47.5. The predicted molar refractivity (Wildman–Crippen MR) is 240 cm³/mol. The lowest BCUT2D eigenvalue weighted by molar-refractivity contribution is -0.265. The highest BCUT2D eigenvalue weighted by molar-refractivity contribution is 6.39. The number of rotatable bonds is 5. The van der Waals surface area contributed by atoms with Crippen LogP contribution >= 0.6 is 0 Å². The summed E-state index contributed by atoms with van der Waals surface area (Å²) >= 11 is 0. The molecular weight excluding hydrogens is 823 g/mol. The van der Waals surface area contributed by atoms with E-state index in [2.05, 4.69) is 0 Å². The number of cyclic esters (lactones) is 1.